The summed E-state index contributed by atoms with van der Waals surface area (Å²) in [7, 11) is 1.69. The molecule has 0 bridgehead atoms. The van der Waals surface area contributed by atoms with Crippen LogP contribution in [-0.4, -0.2) is 75.6 Å². The predicted molar refractivity (Wildman–Crippen MR) is 270 cm³/mol. The molecule has 0 amide bonds. The van der Waals surface area contributed by atoms with Gasteiger partial charge in [0.05, 0.1) is 34.4 Å². The summed E-state index contributed by atoms with van der Waals surface area (Å²) in [5, 5.41) is 0. The Bertz CT molecular complexity index is 1020. The van der Waals surface area contributed by atoms with Gasteiger partial charge in [0, 0.05) is 13.0 Å². The molecule has 0 fully saturated rings. The molecule has 0 aliphatic rings. The van der Waals surface area contributed by atoms with Gasteiger partial charge in [-0.25, -0.2) is 4.57 Å². The number of carbonyl (C=O) groups is 1. The quantitative estimate of drug-likeness (QED) is 0.0214. The zero-order valence-corrected chi connectivity index (χ0v) is 43.7. The minimum absolute atomic E-state index is 0.0924. The molecule has 376 valence electrons. The zero-order valence-electron chi connectivity index (χ0n) is 42.8. The van der Waals surface area contributed by atoms with Crippen LogP contribution in [0.4, 0.5) is 0 Å². The van der Waals surface area contributed by atoms with Crippen molar-refractivity contribution < 1.29 is 37.3 Å². The molecule has 2 unspecified atom stereocenters. The summed E-state index contributed by atoms with van der Waals surface area (Å²) < 4.78 is 35.2. The molecule has 0 rings (SSSR count). The van der Waals surface area contributed by atoms with Crippen LogP contribution in [-0.2, 0) is 27.9 Å². The van der Waals surface area contributed by atoms with Crippen molar-refractivity contribution in [1.82, 2.24) is 0 Å². The highest BCUT2D eigenvalue weighted by Crippen LogP contribution is 2.43. The van der Waals surface area contributed by atoms with Crippen LogP contribution >= 0.6 is 7.82 Å². The molecule has 0 aromatic carbocycles. The van der Waals surface area contributed by atoms with Crippen LogP contribution in [0, 0.1) is 0 Å². The molecule has 2 atom stereocenters. The number of likely N-dealkylation sites (N-methyl/N-ethyl adjacent to an activating group) is 1. The molecule has 0 aliphatic carbocycles. The lowest BCUT2D eigenvalue weighted by Gasteiger charge is -2.24. The molecular formula is C54H109NO7P+. The van der Waals surface area contributed by atoms with Gasteiger partial charge in [-0.3, -0.25) is 13.8 Å². The topological polar surface area (TPSA) is 91.3 Å². The standard InChI is InChI=1S/C54H108NO7P/c1-6-8-10-12-14-16-18-20-22-24-26-27-28-29-30-31-33-35-37-39-41-43-45-47-54(56)62-53(52-61-63(57,58)60-50-48-55(3,4)5)51-59-49-46-44-42-40-38-36-34-32-25-23-21-19-17-15-13-11-9-7-2/h24,26,53H,6-23,25,27-52H2,1-5H3/p+1/b26-24-. The van der Waals surface area contributed by atoms with E-state index < -0.39 is 13.9 Å². The summed E-state index contributed by atoms with van der Waals surface area (Å²) in [5.74, 6) is -0.307. The van der Waals surface area contributed by atoms with Crippen LogP contribution in [0.2, 0.25) is 0 Å². The first-order valence-electron chi connectivity index (χ1n) is 27.4. The number of nitrogens with zero attached hydrogens (tertiary/aromatic N) is 1. The number of rotatable bonds is 52. The number of esters is 1. The van der Waals surface area contributed by atoms with Crippen molar-refractivity contribution >= 4 is 13.8 Å². The van der Waals surface area contributed by atoms with E-state index in [2.05, 4.69) is 26.0 Å². The molecule has 0 radical (unpaired) electrons. The third-order valence-electron chi connectivity index (χ3n) is 12.3. The van der Waals surface area contributed by atoms with Crippen molar-refractivity contribution in [1.29, 1.82) is 0 Å². The summed E-state index contributed by atoms with van der Waals surface area (Å²) in [4.78, 5) is 23.0. The fraction of sp³-hybridized carbons (Fsp3) is 0.944. The number of hydrogen-bond donors (Lipinski definition) is 1. The van der Waals surface area contributed by atoms with Gasteiger partial charge in [0.2, 0.25) is 0 Å². The largest absolute Gasteiger partial charge is 0.472 e. The van der Waals surface area contributed by atoms with E-state index in [0.29, 0.717) is 24.1 Å². The highest BCUT2D eigenvalue weighted by molar-refractivity contribution is 7.47. The molecular weight excluding hydrogens is 806 g/mol. The van der Waals surface area contributed by atoms with Crippen LogP contribution in [0.3, 0.4) is 0 Å². The Morgan fingerprint density at radius 1 is 0.476 bits per heavy atom. The van der Waals surface area contributed by atoms with Gasteiger partial charge in [-0.1, -0.05) is 238 Å². The number of phosphoric ester groups is 1. The number of allylic oxidation sites excluding steroid dienone is 2. The highest BCUT2D eigenvalue weighted by atomic mass is 31.2. The molecule has 0 aromatic rings. The first-order chi connectivity index (χ1) is 30.6. The van der Waals surface area contributed by atoms with E-state index in [4.69, 9.17) is 18.5 Å². The molecule has 0 saturated heterocycles. The lowest BCUT2D eigenvalue weighted by atomic mass is 10.0. The second-order valence-electron chi connectivity index (χ2n) is 20.0. The number of ether oxygens (including phenoxy) is 2. The Balaban J connectivity index is 4.06. The molecule has 63 heavy (non-hydrogen) atoms. The highest BCUT2D eigenvalue weighted by Gasteiger charge is 2.26. The van der Waals surface area contributed by atoms with Gasteiger partial charge in [-0.05, 0) is 38.5 Å². The molecule has 8 nitrogen and oxygen atoms in total. The van der Waals surface area contributed by atoms with Crippen LogP contribution in [0.1, 0.15) is 271 Å². The maximum absolute atomic E-state index is 12.8. The van der Waals surface area contributed by atoms with Crippen LogP contribution in [0.5, 0.6) is 0 Å². The van der Waals surface area contributed by atoms with E-state index in [1.165, 1.54) is 218 Å². The third kappa shape index (κ3) is 52.1. The number of unbranched alkanes of at least 4 members (excludes halogenated alkanes) is 36. The lowest BCUT2D eigenvalue weighted by molar-refractivity contribution is -0.870. The van der Waals surface area contributed by atoms with E-state index in [-0.39, 0.29) is 25.8 Å². The second kappa shape index (κ2) is 47.7. The Hall–Kier alpha value is -0.760. The van der Waals surface area contributed by atoms with Crippen molar-refractivity contribution in [2.75, 3.05) is 54.1 Å². The van der Waals surface area contributed by atoms with E-state index in [9.17, 15) is 14.3 Å². The summed E-state index contributed by atoms with van der Waals surface area (Å²) >= 11 is 0. The summed E-state index contributed by atoms with van der Waals surface area (Å²) in [6.07, 6.45) is 55.5. The third-order valence-corrected chi connectivity index (χ3v) is 13.3. The van der Waals surface area contributed by atoms with Crippen molar-refractivity contribution in [3.8, 4) is 0 Å². The van der Waals surface area contributed by atoms with Crippen LogP contribution in [0.25, 0.3) is 0 Å². The Morgan fingerprint density at radius 2 is 0.825 bits per heavy atom. The van der Waals surface area contributed by atoms with Crippen LogP contribution in [0.15, 0.2) is 12.2 Å². The van der Waals surface area contributed by atoms with E-state index >= 15 is 0 Å². The van der Waals surface area contributed by atoms with E-state index in [0.717, 1.165) is 32.1 Å². The number of phosphoric acid groups is 1. The smallest absolute Gasteiger partial charge is 0.457 e. The van der Waals surface area contributed by atoms with Gasteiger partial charge < -0.3 is 18.9 Å². The number of hydrogen-bond acceptors (Lipinski definition) is 6. The first kappa shape index (κ1) is 62.2. The zero-order chi connectivity index (χ0) is 46.2. The SMILES string of the molecule is CCCCCCCCCC/C=C\CCCCCCCCCCCCCC(=O)OC(COCCCCCCCCCCCCCCCCCCCC)COP(=O)(O)OCC[N+](C)(C)C. The van der Waals surface area contributed by atoms with Crippen molar-refractivity contribution in [3.05, 3.63) is 12.2 Å². The molecule has 0 spiro atoms. The molecule has 0 aromatic heterocycles. The summed E-state index contributed by atoms with van der Waals surface area (Å²) in [6, 6.07) is 0. The number of carbonyl (C=O) groups excluding carboxylic acids is 1. The minimum Gasteiger partial charge on any atom is -0.457 e. The van der Waals surface area contributed by atoms with Crippen molar-refractivity contribution in [2.24, 2.45) is 0 Å². The van der Waals surface area contributed by atoms with Gasteiger partial charge in [-0.15, -0.1) is 0 Å². The summed E-state index contributed by atoms with van der Waals surface area (Å²) in [6.45, 7) is 5.69. The van der Waals surface area contributed by atoms with Crippen molar-refractivity contribution in [2.45, 2.75) is 277 Å². The first-order valence-corrected chi connectivity index (χ1v) is 28.9. The van der Waals surface area contributed by atoms with Gasteiger partial charge >= 0.3 is 13.8 Å². The minimum atomic E-state index is -4.28. The Kier molecular flexibility index (Phi) is 47.1. The Labute approximate surface area is 392 Å². The van der Waals surface area contributed by atoms with Gasteiger partial charge in [0.25, 0.3) is 0 Å². The second-order valence-corrected chi connectivity index (χ2v) is 21.4. The van der Waals surface area contributed by atoms with Gasteiger partial charge in [-0.2, -0.15) is 0 Å². The maximum atomic E-state index is 12.8. The molecule has 1 N–H and O–H groups in total. The van der Waals surface area contributed by atoms with Gasteiger partial charge in [0.15, 0.2) is 0 Å². The van der Waals surface area contributed by atoms with Crippen molar-refractivity contribution in [3.63, 3.8) is 0 Å². The maximum Gasteiger partial charge on any atom is 0.472 e. The fourth-order valence-corrected chi connectivity index (χ4v) is 8.82. The average molecular weight is 915 g/mol. The van der Waals surface area contributed by atoms with E-state index in [1.807, 2.05) is 21.1 Å². The normalized spacial score (nSPS) is 13.6. The fourth-order valence-electron chi connectivity index (χ4n) is 8.08. The Morgan fingerprint density at radius 3 is 1.21 bits per heavy atom. The average Bonchev–Trinajstić information content (AvgIpc) is 3.24. The van der Waals surface area contributed by atoms with E-state index in [1.54, 1.807) is 0 Å². The van der Waals surface area contributed by atoms with Crippen LogP contribution < -0.4 is 0 Å². The monoisotopic (exact) mass is 915 g/mol. The van der Waals surface area contributed by atoms with Gasteiger partial charge in [0.1, 0.15) is 19.3 Å². The number of quaternary nitrogens is 1. The molecule has 9 heteroatoms. The molecule has 0 heterocycles. The lowest BCUT2D eigenvalue weighted by Crippen LogP contribution is -2.37. The summed E-state index contributed by atoms with van der Waals surface area (Å²) in [5.41, 5.74) is 0. The predicted octanol–water partition coefficient (Wildman–Crippen LogP) is 17.0. The molecule has 0 aliphatic heterocycles. The molecule has 0 saturated carbocycles.